The van der Waals surface area contributed by atoms with Crippen molar-refractivity contribution >= 4 is 45.7 Å². The summed E-state index contributed by atoms with van der Waals surface area (Å²) in [5.41, 5.74) is 5.91. The van der Waals surface area contributed by atoms with Crippen LogP contribution in [-0.4, -0.2) is 33.6 Å². The smallest absolute Gasteiger partial charge is 0.260 e. The zero-order valence-corrected chi connectivity index (χ0v) is 20.4. The molecule has 0 bridgehead atoms. The number of hydrogen-bond donors (Lipinski definition) is 0. The molecule has 1 saturated heterocycles. The van der Waals surface area contributed by atoms with Crippen LogP contribution in [0.4, 0.5) is 5.69 Å². The van der Waals surface area contributed by atoms with Crippen molar-refractivity contribution in [1.29, 1.82) is 0 Å². The molecule has 6 rings (SSSR count). The highest BCUT2D eigenvalue weighted by atomic mass is 35.5. The summed E-state index contributed by atoms with van der Waals surface area (Å²) in [5, 5.41) is 1.77. The Morgan fingerprint density at radius 1 is 1.11 bits per heavy atom. The zero-order valence-electron chi connectivity index (χ0n) is 19.7. The van der Waals surface area contributed by atoms with Crippen molar-refractivity contribution in [2.75, 3.05) is 18.1 Å². The Morgan fingerprint density at radius 3 is 2.86 bits per heavy atom. The molecular formula is C29H27ClN4O. The third-order valence-electron chi connectivity index (χ3n) is 7.25. The molecule has 2 aromatic carbocycles. The molecule has 0 spiro atoms. The number of benzene rings is 2. The molecule has 0 aliphatic carbocycles. The molecule has 0 unspecified atom stereocenters. The van der Waals surface area contributed by atoms with Crippen LogP contribution in [-0.2, 0) is 11.8 Å². The SMILES string of the molecule is Cn1cc(/C=C2\C(=O)N(CN3CCCC[C@H]3c3cccnc3)c3cc(Cl)ccc32)c2ccccc21. The fourth-order valence-corrected chi connectivity index (χ4v) is 5.71. The number of para-hydroxylation sites is 1. The third-order valence-corrected chi connectivity index (χ3v) is 7.48. The van der Waals surface area contributed by atoms with E-state index in [1.165, 1.54) is 12.0 Å². The van der Waals surface area contributed by atoms with Crippen molar-refractivity contribution in [3.8, 4) is 0 Å². The van der Waals surface area contributed by atoms with Crippen molar-refractivity contribution in [2.45, 2.75) is 25.3 Å². The fourth-order valence-electron chi connectivity index (χ4n) is 5.54. The number of aromatic nitrogens is 2. The Bertz CT molecular complexity index is 1440. The Morgan fingerprint density at radius 2 is 2.00 bits per heavy atom. The lowest BCUT2D eigenvalue weighted by atomic mass is 9.97. The summed E-state index contributed by atoms with van der Waals surface area (Å²) in [7, 11) is 2.04. The lowest BCUT2D eigenvalue weighted by molar-refractivity contribution is -0.113. The number of pyridine rings is 1. The Balaban J connectivity index is 1.39. The van der Waals surface area contributed by atoms with E-state index in [1.807, 2.05) is 66.8 Å². The number of anilines is 1. The third kappa shape index (κ3) is 3.95. The molecule has 35 heavy (non-hydrogen) atoms. The lowest BCUT2D eigenvalue weighted by Crippen LogP contribution is -2.43. The van der Waals surface area contributed by atoms with Crippen LogP contribution < -0.4 is 4.90 Å². The minimum Gasteiger partial charge on any atom is -0.350 e. The molecule has 1 fully saturated rings. The van der Waals surface area contributed by atoms with Gasteiger partial charge in [-0.05, 0) is 48.7 Å². The van der Waals surface area contributed by atoms with Gasteiger partial charge in [0.15, 0.2) is 0 Å². The second-order valence-corrected chi connectivity index (χ2v) is 9.85. The molecule has 6 heteroatoms. The van der Waals surface area contributed by atoms with Crippen molar-refractivity contribution in [1.82, 2.24) is 14.5 Å². The zero-order chi connectivity index (χ0) is 23.9. The quantitative estimate of drug-likeness (QED) is 0.320. The number of carbonyl (C=O) groups is 1. The van der Waals surface area contributed by atoms with Gasteiger partial charge in [0.1, 0.15) is 0 Å². The monoisotopic (exact) mass is 482 g/mol. The summed E-state index contributed by atoms with van der Waals surface area (Å²) in [4.78, 5) is 22.5. The maximum absolute atomic E-state index is 13.9. The number of piperidine rings is 1. The summed E-state index contributed by atoms with van der Waals surface area (Å²) in [5.74, 6) is 0.0192. The van der Waals surface area contributed by atoms with E-state index in [0.29, 0.717) is 17.3 Å². The molecule has 0 N–H and O–H groups in total. The molecule has 176 valence electrons. The van der Waals surface area contributed by atoms with Crippen molar-refractivity contribution < 1.29 is 4.79 Å². The van der Waals surface area contributed by atoms with Gasteiger partial charge in [0.25, 0.3) is 5.91 Å². The second-order valence-electron chi connectivity index (χ2n) is 9.42. The first-order valence-corrected chi connectivity index (χ1v) is 12.5. The summed E-state index contributed by atoms with van der Waals surface area (Å²) in [6, 6.07) is 18.4. The van der Waals surface area contributed by atoms with Gasteiger partial charge in [-0.3, -0.25) is 19.6 Å². The van der Waals surface area contributed by atoms with Gasteiger partial charge in [0.2, 0.25) is 0 Å². The highest BCUT2D eigenvalue weighted by molar-refractivity contribution is 6.37. The van der Waals surface area contributed by atoms with E-state index in [-0.39, 0.29) is 11.9 Å². The first-order chi connectivity index (χ1) is 17.1. The van der Waals surface area contributed by atoms with Gasteiger partial charge in [0, 0.05) is 70.9 Å². The highest BCUT2D eigenvalue weighted by Gasteiger charge is 2.36. The van der Waals surface area contributed by atoms with Crippen LogP contribution in [0.15, 0.2) is 73.2 Å². The highest BCUT2D eigenvalue weighted by Crippen LogP contribution is 2.41. The van der Waals surface area contributed by atoms with Gasteiger partial charge in [-0.2, -0.15) is 0 Å². The summed E-state index contributed by atoms with van der Waals surface area (Å²) in [6.07, 6.45) is 11.3. The van der Waals surface area contributed by atoms with Gasteiger partial charge in [0.05, 0.1) is 12.4 Å². The molecule has 4 heterocycles. The van der Waals surface area contributed by atoms with Crippen LogP contribution in [0.25, 0.3) is 22.6 Å². The maximum atomic E-state index is 13.9. The standard InChI is InChI=1S/C29H27ClN4O/c1-32-18-21(23-8-2-3-10-27(23)32)15-25-24-12-11-22(30)16-28(24)34(29(25)35)19-33-14-5-4-9-26(33)20-7-6-13-31-17-20/h2-3,6-8,10-13,15-18,26H,4-5,9,14,19H2,1H3/b25-15-/t26-/m0/s1. The Kier molecular flexibility index (Phi) is 5.67. The average Bonchev–Trinajstić information content (AvgIpc) is 3.34. The summed E-state index contributed by atoms with van der Waals surface area (Å²) in [6.45, 7) is 1.47. The number of fused-ring (bicyclic) bond motifs is 2. The van der Waals surface area contributed by atoms with Crippen molar-refractivity contribution in [2.24, 2.45) is 7.05 Å². The number of rotatable bonds is 4. The molecule has 2 aromatic heterocycles. The molecule has 0 saturated carbocycles. The van der Waals surface area contributed by atoms with Crippen LogP contribution in [0.5, 0.6) is 0 Å². The van der Waals surface area contributed by atoms with E-state index in [1.54, 1.807) is 0 Å². The number of amides is 1. The Hall–Kier alpha value is -3.41. The fraction of sp³-hybridized carbons (Fsp3) is 0.241. The van der Waals surface area contributed by atoms with E-state index in [2.05, 4.69) is 38.8 Å². The topological polar surface area (TPSA) is 41.4 Å². The number of hydrogen-bond acceptors (Lipinski definition) is 3. The van der Waals surface area contributed by atoms with Crippen LogP contribution in [0.1, 0.15) is 42.0 Å². The first-order valence-electron chi connectivity index (χ1n) is 12.1. The van der Waals surface area contributed by atoms with E-state index >= 15 is 0 Å². The van der Waals surface area contributed by atoms with E-state index in [0.717, 1.165) is 47.1 Å². The largest absolute Gasteiger partial charge is 0.350 e. The van der Waals surface area contributed by atoms with Crippen LogP contribution in [0.2, 0.25) is 5.02 Å². The van der Waals surface area contributed by atoms with Gasteiger partial charge in [-0.15, -0.1) is 0 Å². The molecule has 2 aliphatic heterocycles. The Labute approximate surface area is 210 Å². The lowest BCUT2D eigenvalue weighted by Gasteiger charge is -2.38. The second kappa shape index (κ2) is 8.99. The normalized spacial score (nSPS) is 19.6. The maximum Gasteiger partial charge on any atom is 0.260 e. The van der Waals surface area contributed by atoms with Crippen molar-refractivity contribution in [3.63, 3.8) is 0 Å². The molecule has 1 atom stereocenters. The molecule has 2 aliphatic rings. The van der Waals surface area contributed by atoms with Gasteiger partial charge >= 0.3 is 0 Å². The number of likely N-dealkylation sites (tertiary alicyclic amines) is 1. The van der Waals surface area contributed by atoms with Crippen LogP contribution in [0, 0.1) is 0 Å². The minimum absolute atomic E-state index is 0.0192. The predicted octanol–water partition coefficient (Wildman–Crippen LogP) is 6.30. The molecular weight excluding hydrogens is 456 g/mol. The van der Waals surface area contributed by atoms with Crippen LogP contribution in [0.3, 0.4) is 0 Å². The summed E-state index contributed by atoms with van der Waals surface area (Å²) >= 11 is 6.41. The average molecular weight is 483 g/mol. The van der Waals surface area contributed by atoms with E-state index in [4.69, 9.17) is 11.6 Å². The minimum atomic E-state index is 0.0192. The van der Waals surface area contributed by atoms with E-state index in [9.17, 15) is 4.79 Å². The van der Waals surface area contributed by atoms with Crippen molar-refractivity contribution in [3.05, 3.63) is 94.9 Å². The molecule has 1 amide bonds. The first kappa shape index (κ1) is 22.1. The van der Waals surface area contributed by atoms with Crippen LogP contribution >= 0.6 is 11.6 Å². The van der Waals surface area contributed by atoms with Gasteiger partial charge in [-0.1, -0.05) is 48.4 Å². The number of carbonyl (C=O) groups excluding carboxylic acids is 1. The molecule has 0 radical (unpaired) electrons. The number of aryl methyl sites for hydroxylation is 1. The number of nitrogens with zero attached hydrogens (tertiary/aromatic N) is 4. The molecule has 5 nitrogen and oxygen atoms in total. The summed E-state index contributed by atoms with van der Waals surface area (Å²) < 4.78 is 2.11. The number of halogens is 1. The van der Waals surface area contributed by atoms with Gasteiger partial charge < -0.3 is 4.57 Å². The van der Waals surface area contributed by atoms with E-state index < -0.39 is 0 Å². The van der Waals surface area contributed by atoms with Gasteiger partial charge in [-0.25, -0.2) is 0 Å². The molecule has 4 aromatic rings. The predicted molar refractivity (Wildman–Crippen MR) is 142 cm³/mol.